The second-order valence-corrected chi connectivity index (χ2v) is 5.65. The van der Waals surface area contributed by atoms with Gasteiger partial charge in [-0.1, -0.05) is 37.1 Å². The molecule has 1 aromatic carbocycles. The molecule has 0 saturated heterocycles. The summed E-state index contributed by atoms with van der Waals surface area (Å²) in [5.74, 6) is -0.0910. The molecule has 0 atom stereocenters. The number of aromatic nitrogens is 2. The van der Waals surface area contributed by atoms with E-state index in [0.29, 0.717) is 10.6 Å². The molecular formula is C16H20ClN3O. The van der Waals surface area contributed by atoms with Gasteiger partial charge in [-0.3, -0.25) is 4.79 Å². The first-order valence-electron chi connectivity index (χ1n) is 7.17. The SMILES string of the molecule is CCCc1c(C(=O)NC(C)C)cnn1-c1ccccc1Cl. The first-order chi connectivity index (χ1) is 10.0. The van der Waals surface area contributed by atoms with E-state index in [-0.39, 0.29) is 11.9 Å². The first-order valence-corrected chi connectivity index (χ1v) is 7.55. The summed E-state index contributed by atoms with van der Waals surface area (Å²) in [6, 6.07) is 7.60. The molecule has 0 aliphatic rings. The third-order valence-corrected chi connectivity index (χ3v) is 3.42. The van der Waals surface area contributed by atoms with Crippen LogP contribution in [0.5, 0.6) is 0 Å². The van der Waals surface area contributed by atoms with Crippen molar-refractivity contribution in [1.29, 1.82) is 0 Å². The van der Waals surface area contributed by atoms with Crippen LogP contribution in [0.15, 0.2) is 30.5 Å². The fourth-order valence-electron chi connectivity index (χ4n) is 2.21. The van der Waals surface area contributed by atoms with E-state index in [4.69, 9.17) is 11.6 Å². The zero-order chi connectivity index (χ0) is 15.4. The third-order valence-electron chi connectivity index (χ3n) is 3.10. The molecule has 0 saturated carbocycles. The van der Waals surface area contributed by atoms with E-state index >= 15 is 0 Å². The second kappa shape index (κ2) is 6.76. The Balaban J connectivity index is 2.46. The van der Waals surface area contributed by atoms with Gasteiger partial charge in [0.1, 0.15) is 0 Å². The summed E-state index contributed by atoms with van der Waals surface area (Å²) in [4.78, 5) is 12.3. The number of nitrogens with zero attached hydrogens (tertiary/aromatic N) is 2. The van der Waals surface area contributed by atoms with Crippen LogP contribution in [0.1, 0.15) is 43.2 Å². The van der Waals surface area contributed by atoms with Gasteiger partial charge in [0.2, 0.25) is 0 Å². The molecule has 1 heterocycles. The van der Waals surface area contributed by atoms with Crippen molar-refractivity contribution in [2.45, 2.75) is 39.7 Å². The van der Waals surface area contributed by atoms with Gasteiger partial charge in [-0.25, -0.2) is 4.68 Å². The Hall–Kier alpha value is -1.81. The number of benzene rings is 1. The summed E-state index contributed by atoms with van der Waals surface area (Å²) in [5.41, 5.74) is 2.31. The molecule has 5 heteroatoms. The fourth-order valence-corrected chi connectivity index (χ4v) is 2.43. The summed E-state index contributed by atoms with van der Waals surface area (Å²) in [6.45, 7) is 5.96. The third kappa shape index (κ3) is 3.45. The zero-order valence-corrected chi connectivity index (χ0v) is 13.3. The molecule has 0 aliphatic carbocycles. The molecule has 0 radical (unpaired) electrons. The molecule has 1 N–H and O–H groups in total. The maximum absolute atomic E-state index is 12.3. The van der Waals surface area contributed by atoms with Crippen molar-refractivity contribution >= 4 is 17.5 Å². The Kier molecular flexibility index (Phi) is 5.02. The number of hydrogen-bond donors (Lipinski definition) is 1. The highest BCUT2D eigenvalue weighted by atomic mass is 35.5. The van der Waals surface area contributed by atoms with Crippen LogP contribution in [0.2, 0.25) is 5.02 Å². The lowest BCUT2D eigenvalue weighted by atomic mass is 10.1. The summed E-state index contributed by atoms with van der Waals surface area (Å²) in [5, 5.41) is 7.90. The second-order valence-electron chi connectivity index (χ2n) is 5.25. The first kappa shape index (κ1) is 15.6. The zero-order valence-electron chi connectivity index (χ0n) is 12.6. The number of halogens is 1. The van der Waals surface area contributed by atoms with Crippen LogP contribution >= 0.6 is 11.6 Å². The smallest absolute Gasteiger partial charge is 0.254 e. The van der Waals surface area contributed by atoms with Gasteiger partial charge >= 0.3 is 0 Å². The van der Waals surface area contributed by atoms with Crippen molar-refractivity contribution < 1.29 is 4.79 Å². The van der Waals surface area contributed by atoms with Crippen LogP contribution in [0.25, 0.3) is 5.69 Å². The van der Waals surface area contributed by atoms with Crippen molar-refractivity contribution in [3.63, 3.8) is 0 Å². The van der Waals surface area contributed by atoms with Gasteiger partial charge < -0.3 is 5.32 Å². The van der Waals surface area contributed by atoms with E-state index < -0.39 is 0 Å². The lowest BCUT2D eigenvalue weighted by molar-refractivity contribution is 0.0942. The Morgan fingerprint density at radius 2 is 2.10 bits per heavy atom. The lowest BCUT2D eigenvalue weighted by Crippen LogP contribution is -2.30. The molecule has 21 heavy (non-hydrogen) atoms. The number of nitrogens with one attached hydrogen (secondary N) is 1. The monoisotopic (exact) mass is 305 g/mol. The van der Waals surface area contributed by atoms with E-state index in [1.54, 1.807) is 10.9 Å². The van der Waals surface area contributed by atoms with E-state index in [2.05, 4.69) is 17.3 Å². The molecule has 0 fully saturated rings. The average Bonchev–Trinajstić information content (AvgIpc) is 2.83. The molecule has 1 amide bonds. The van der Waals surface area contributed by atoms with Gasteiger partial charge in [-0.05, 0) is 32.4 Å². The highest BCUT2D eigenvalue weighted by Crippen LogP contribution is 2.23. The van der Waals surface area contributed by atoms with Crippen molar-refractivity contribution in [2.24, 2.45) is 0 Å². The van der Waals surface area contributed by atoms with Crippen molar-refractivity contribution in [3.8, 4) is 5.69 Å². The summed E-state index contributed by atoms with van der Waals surface area (Å²) in [7, 11) is 0. The number of hydrogen-bond acceptors (Lipinski definition) is 2. The van der Waals surface area contributed by atoms with Crippen molar-refractivity contribution in [1.82, 2.24) is 15.1 Å². The number of para-hydroxylation sites is 1. The van der Waals surface area contributed by atoms with Crippen LogP contribution in [0, 0.1) is 0 Å². The van der Waals surface area contributed by atoms with E-state index in [0.717, 1.165) is 24.2 Å². The average molecular weight is 306 g/mol. The molecule has 4 nitrogen and oxygen atoms in total. The van der Waals surface area contributed by atoms with E-state index in [1.807, 2.05) is 38.1 Å². The maximum Gasteiger partial charge on any atom is 0.254 e. The van der Waals surface area contributed by atoms with Crippen molar-refractivity contribution in [2.75, 3.05) is 0 Å². The molecule has 0 unspecified atom stereocenters. The number of rotatable bonds is 5. The molecule has 2 aromatic rings. The normalized spacial score (nSPS) is 10.9. The predicted octanol–water partition coefficient (Wildman–Crippen LogP) is 3.62. The molecule has 0 aliphatic heterocycles. The predicted molar refractivity (Wildman–Crippen MR) is 85.2 cm³/mol. The van der Waals surface area contributed by atoms with Gasteiger partial charge in [0, 0.05) is 6.04 Å². The molecule has 0 spiro atoms. The minimum Gasteiger partial charge on any atom is -0.350 e. The number of carbonyl (C=O) groups excluding carboxylic acids is 1. The number of amides is 1. The summed E-state index contributed by atoms with van der Waals surface area (Å²) in [6.07, 6.45) is 3.32. The van der Waals surface area contributed by atoms with Gasteiger partial charge in [0.25, 0.3) is 5.91 Å². The standard InChI is InChI=1S/C16H20ClN3O/c1-4-7-14-12(16(21)19-11(2)3)10-18-20(14)15-9-6-5-8-13(15)17/h5-6,8-11H,4,7H2,1-3H3,(H,19,21). The van der Waals surface area contributed by atoms with Gasteiger partial charge in [-0.2, -0.15) is 5.10 Å². The highest BCUT2D eigenvalue weighted by Gasteiger charge is 2.19. The van der Waals surface area contributed by atoms with Crippen molar-refractivity contribution in [3.05, 3.63) is 46.7 Å². The van der Waals surface area contributed by atoms with E-state index in [1.165, 1.54) is 0 Å². The Morgan fingerprint density at radius 3 is 2.71 bits per heavy atom. The molecule has 2 rings (SSSR count). The molecular weight excluding hydrogens is 286 g/mol. The fraction of sp³-hybridized carbons (Fsp3) is 0.375. The molecule has 1 aromatic heterocycles. The minimum atomic E-state index is -0.0910. The Bertz CT molecular complexity index is 634. The van der Waals surface area contributed by atoms with Crippen LogP contribution in [-0.4, -0.2) is 21.7 Å². The van der Waals surface area contributed by atoms with Gasteiger partial charge in [0.05, 0.1) is 28.2 Å². The topological polar surface area (TPSA) is 46.9 Å². The van der Waals surface area contributed by atoms with E-state index in [9.17, 15) is 4.79 Å². The van der Waals surface area contributed by atoms with Crippen LogP contribution in [0.3, 0.4) is 0 Å². The van der Waals surface area contributed by atoms with Crippen LogP contribution < -0.4 is 5.32 Å². The highest BCUT2D eigenvalue weighted by molar-refractivity contribution is 6.32. The summed E-state index contributed by atoms with van der Waals surface area (Å²) < 4.78 is 1.76. The Morgan fingerprint density at radius 1 is 1.38 bits per heavy atom. The summed E-state index contributed by atoms with van der Waals surface area (Å²) >= 11 is 6.24. The maximum atomic E-state index is 12.3. The Labute approximate surface area is 130 Å². The number of carbonyl (C=O) groups is 1. The quantitative estimate of drug-likeness (QED) is 0.917. The van der Waals surface area contributed by atoms with Gasteiger partial charge in [-0.15, -0.1) is 0 Å². The molecule has 112 valence electrons. The minimum absolute atomic E-state index is 0.0910. The molecule has 0 bridgehead atoms. The van der Waals surface area contributed by atoms with Crippen LogP contribution in [0.4, 0.5) is 0 Å². The largest absolute Gasteiger partial charge is 0.350 e. The van der Waals surface area contributed by atoms with Crippen LogP contribution in [-0.2, 0) is 6.42 Å². The van der Waals surface area contributed by atoms with Gasteiger partial charge in [0.15, 0.2) is 0 Å². The lowest BCUT2D eigenvalue weighted by Gasteiger charge is -2.11.